The summed E-state index contributed by atoms with van der Waals surface area (Å²) in [6, 6.07) is 11.3. The fourth-order valence-electron chi connectivity index (χ4n) is 3.08. The largest absolute Gasteiger partial charge is 0.444 e. The summed E-state index contributed by atoms with van der Waals surface area (Å²) in [5.74, 6) is 0.682. The average Bonchev–Trinajstić information content (AvgIpc) is 2.47. The maximum Gasteiger partial charge on any atom is 0.410 e. The Balaban J connectivity index is 1.69. The molecule has 0 aromatic heterocycles. The molecule has 24 heavy (non-hydrogen) atoms. The molecule has 134 valence electrons. The lowest BCUT2D eigenvalue weighted by Crippen LogP contribution is -2.45. The third-order valence-electron chi connectivity index (χ3n) is 4.37. The Bertz CT molecular complexity index is 504. The second kappa shape index (κ2) is 8.52. The monoisotopic (exact) mass is 332 g/mol. The van der Waals surface area contributed by atoms with Gasteiger partial charge in [0, 0.05) is 25.7 Å². The van der Waals surface area contributed by atoms with Crippen molar-refractivity contribution in [3.63, 3.8) is 0 Å². The highest BCUT2D eigenvalue weighted by Gasteiger charge is 2.30. The molecule has 0 bridgehead atoms. The van der Waals surface area contributed by atoms with E-state index in [9.17, 15) is 4.79 Å². The molecule has 1 aromatic rings. The molecule has 0 aliphatic heterocycles. The van der Waals surface area contributed by atoms with Gasteiger partial charge in [-0.1, -0.05) is 37.3 Å². The number of amides is 1. The van der Waals surface area contributed by atoms with Gasteiger partial charge in [-0.25, -0.2) is 4.79 Å². The van der Waals surface area contributed by atoms with E-state index in [4.69, 9.17) is 4.74 Å². The summed E-state index contributed by atoms with van der Waals surface area (Å²) < 4.78 is 5.48. The van der Waals surface area contributed by atoms with Gasteiger partial charge < -0.3 is 15.0 Å². The number of nitrogens with one attached hydrogen (secondary N) is 1. The van der Waals surface area contributed by atoms with Crippen LogP contribution in [-0.2, 0) is 4.74 Å². The van der Waals surface area contributed by atoms with Gasteiger partial charge in [0.25, 0.3) is 0 Å². The molecule has 0 spiro atoms. The Morgan fingerprint density at radius 3 is 2.46 bits per heavy atom. The van der Waals surface area contributed by atoms with Crippen LogP contribution in [-0.4, -0.2) is 42.3 Å². The molecule has 1 aliphatic rings. The fourth-order valence-corrected chi connectivity index (χ4v) is 3.08. The van der Waals surface area contributed by atoms with Crippen molar-refractivity contribution in [2.24, 2.45) is 0 Å². The van der Waals surface area contributed by atoms with Crippen molar-refractivity contribution in [1.29, 1.82) is 0 Å². The van der Waals surface area contributed by atoms with E-state index in [2.05, 4.69) is 42.6 Å². The second-order valence-electron chi connectivity index (χ2n) is 7.70. The number of hydrogen-bond acceptors (Lipinski definition) is 3. The van der Waals surface area contributed by atoms with Gasteiger partial charge in [-0.05, 0) is 51.5 Å². The van der Waals surface area contributed by atoms with Crippen LogP contribution < -0.4 is 5.32 Å². The molecule has 4 nitrogen and oxygen atoms in total. The molecular weight excluding hydrogens is 300 g/mol. The summed E-state index contributed by atoms with van der Waals surface area (Å²) >= 11 is 0. The highest BCUT2D eigenvalue weighted by molar-refractivity contribution is 5.68. The first-order chi connectivity index (χ1) is 11.4. The highest BCUT2D eigenvalue weighted by atomic mass is 16.6. The van der Waals surface area contributed by atoms with Crippen LogP contribution in [0.1, 0.15) is 58.4 Å². The second-order valence-corrected chi connectivity index (χ2v) is 7.70. The van der Waals surface area contributed by atoms with E-state index in [1.54, 1.807) is 0 Å². The van der Waals surface area contributed by atoms with E-state index in [1.165, 1.54) is 18.4 Å². The molecule has 1 aliphatic carbocycles. The SMILES string of the molecule is CCCN(CCNC1CC(c2ccccc2)C1)C(=O)OC(C)(C)C. The van der Waals surface area contributed by atoms with Gasteiger partial charge in [0.2, 0.25) is 0 Å². The Morgan fingerprint density at radius 1 is 1.21 bits per heavy atom. The van der Waals surface area contributed by atoms with E-state index < -0.39 is 5.60 Å². The van der Waals surface area contributed by atoms with Gasteiger partial charge in [-0.3, -0.25) is 0 Å². The molecule has 1 saturated carbocycles. The lowest BCUT2D eigenvalue weighted by Gasteiger charge is -2.37. The highest BCUT2D eigenvalue weighted by Crippen LogP contribution is 2.36. The Hall–Kier alpha value is -1.55. The van der Waals surface area contributed by atoms with E-state index in [0.717, 1.165) is 19.5 Å². The third kappa shape index (κ3) is 5.82. The van der Waals surface area contributed by atoms with Crippen molar-refractivity contribution >= 4 is 6.09 Å². The van der Waals surface area contributed by atoms with Gasteiger partial charge in [0.1, 0.15) is 5.60 Å². The molecule has 0 saturated heterocycles. The summed E-state index contributed by atoms with van der Waals surface area (Å²) in [5, 5.41) is 3.58. The van der Waals surface area contributed by atoms with Crippen LogP contribution in [0.4, 0.5) is 4.79 Å². The minimum Gasteiger partial charge on any atom is -0.444 e. The zero-order chi connectivity index (χ0) is 17.6. The number of hydrogen-bond donors (Lipinski definition) is 1. The summed E-state index contributed by atoms with van der Waals surface area (Å²) in [6.45, 7) is 10.1. The molecule has 1 N–H and O–H groups in total. The van der Waals surface area contributed by atoms with Crippen LogP contribution in [0.15, 0.2) is 30.3 Å². The van der Waals surface area contributed by atoms with Crippen LogP contribution in [0.2, 0.25) is 0 Å². The lowest BCUT2D eigenvalue weighted by molar-refractivity contribution is 0.0249. The number of benzene rings is 1. The summed E-state index contributed by atoms with van der Waals surface area (Å²) in [6.07, 6.45) is 3.11. The Morgan fingerprint density at radius 2 is 1.88 bits per heavy atom. The summed E-state index contributed by atoms with van der Waals surface area (Å²) in [7, 11) is 0. The Kier molecular flexibility index (Phi) is 6.67. The third-order valence-corrected chi connectivity index (χ3v) is 4.37. The van der Waals surface area contributed by atoms with Crippen LogP contribution >= 0.6 is 0 Å². The fraction of sp³-hybridized carbons (Fsp3) is 0.650. The van der Waals surface area contributed by atoms with E-state index in [0.29, 0.717) is 18.5 Å². The first-order valence-corrected chi connectivity index (χ1v) is 9.15. The molecule has 0 atom stereocenters. The normalized spacial score (nSPS) is 20.3. The van der Waals surface area contributed by atoms with Crippen molar-refractivity contribution in [2.75, 3.05) is 19.6 Å². The molecule has 0 radical (unpaired) electrons. The van der Waals surface area contributed by atoms with Crippen molar-refractivity contribution in [2.45, 2.75) is 64.5 Å². The van der Waals surface area contributed by atoms with Gasteiger partial charge in [0.05, 0.1) is 0 Å². The number of ether oxygens (including phenoxy) is 1. The average molecular weight is 332 g/mol. The lowest BCUT2D eigenvalue weighted by atomic mass is 9.76. The van der Waals surface area contributed by atoms with Gasteiger partial charge >= 0.3 is 6.09 Å². The molecule has 1 amide bonds. The minimum atomic E-state index is -0.437. The molecular formula is C20H32N2O2. The van der Waals surface area contributed by atoms with Crippen LogP contribution in [0.3, 0.4) is 0 Å². The minimum absolute atomic E-state index is 0.207. The topological polar surface area (TPSA) is 41.6 Å². The van der Waals surface area contributed by atoms with Gasteiger partial charge in [0.15, 0.2) is 0 Å². The zero-order valence-electron chi connectivity index (χ0n) is 15.5. The van der Waals surface area contributed by atoms with Crippen molar-refractivity contribution < 1.29 is 9.53 Å². The number of rotatable bonds is 7. The molecule has 2 rings (SSSR count). The first kappa shape index (κ1) is 18.8. The predicted octanol–water partition coefficient (Wildman–Crippen LogP) is 4.17. The van der Waals surface area contributed by atoms with Gasteiger partial charge in [-0.15, -0.1) is 0 Å². The van der Waals surface area contributed by atoms with Crippen LogP contribution in [0.25, 0.3) is 0 Å². The van der Waals surface area contributed by atoms with E-state index in [1.807, 2.05) is 25.7 Å². The zero-order valence-corrected chi connectivity index (χ0v) is 15.5. The molecule has 4 heteroatoms. The van der Waals surface area contributed by atoms with Crippen molar-refractivity contribution in [1.82, 2.24) is 10.2 Å². The molecule has 1 aromatic carbocycles. The van der Waals surface area contributed by atoms with Crippen molar-refractivity contribution in [3.8, 4) is 0 Å². The smallest absolute Gasteiger partial charge is 0.410 e. The number of nitrogens with zero attached hydrogens (tertiary/aromatic N) is 1. The van der Waals surface area contributed by atoms with Gasteiger partial charge in [-0.2, -0.15) is 0 Å². The maximum atomic E-state index is 12.2. The Labute approximate surface area is 146 Å². The van der Waals surface area contributed by atoms with E-state index in [-0.39, 0.29) is 6.09 Å². The number of carbonyl (C=O) groups excluding carboxylic acids is 1. The standard InChI is InChI=1S/C20H32N2O2/c1-5-12-22(19(23)24-20(2,3)4)13-11-21-18-14-17(15-18)16-9-7-6-8-10-16/h6-10,17-18,21H,5,11-15H2,1-4H3. The van der Waals surface area contributed by atoms with Crippen molar-refractivity contribution in [3.05, 3.63) is 35.9 Å². The van der Waals surface area contributed by atoms with E-state index >= 15 is 0 Å². The van der Waals surface area contributed by atoms with Crippen LogP contribution in [0, 0.1) is 0 Å². The molecule has 0 unspecified atom stereocenters. The predicted molar refractivity (Wildman–Crippen MR) is 98.3 cm³/mol. The first-order valence-electron chi connectivity index (χ1n) is 9.15. The summed E-state index contributed by atoms with van der Waals surface area (Å²) in [4.78, 5) is 14.0. The number of carbonyl (C=O) groups is 1. The molecule has 0 heterocycles. The quantitative estimate of drug-likeness (QED) is 0.815. The summed E-state index contributed by atoms with van der Waals surface area (Å²) in [5.41, 5.74) is 1.00. The molecule has 1 fully saturated rings. The van der Waals surface area contributed by atoms with Crippen LogP contribution in [0.5, 0.6) is 0 Å². The maximum absolute atomic E-state index is 12.2.